The standard InChI is InChI=1S/C16H14N2O2S.C15H11ClF3NO4/c1-18(12-7-3-2-4-8-12)15(19)11-20-16-17-13-9-5-6-10-14(13)21-16;1-2-23-14-8-10(4-5-12(14)20(21)22)24-13-6-3-9(7-11(13)16)15(17,18)19/h2-10H,11H2,1H3;3-8H,2H2,1H3. The number of thiazole rings is 1. The van der Waals surface area contributed by atoms with Gasteiger partial charge in [-0.15, -0.1) is 0 Å². The van der Waals surface area contributed by atoms with E-state index in [4.69, 9.17) is 25.8 Å². The van der Waals surface area contributed by atoms with Gasteiger partial charge in [-0.25, -0.2) is 4.98 Å². The van der Waals surface area contributed by atoms with E-state index in [0.717, 1.165) is 34.1 Å². The molecule has 1 heterocycles. The maximum Gasteiger partial charge on any atom is 0.416 e. The lowest BCUT2D eigenvalue weighted by Crippen LogP contribution is -2.31. The van der Waals surface area contributed by atoms with E-state index in [1.807, 2.05) is 54.6 Å². The van der Waals surface area contributed by atoms with Crippen molar-refractivity contribution >= 4 is 50.4 Å². The Morgan fingerprint density at radius 2 is 1.69 bits per heavy atom. The molecule has 234 valence electrons. The van der Waals surface area contributed by atoms with E-state index in [-0.39, 0.29) is 47.1 Å². The maximum atomic E-state index is 12.6. The van der Waals surface area contributed by atoms with Crippen LogP contribution in [0.2, 0.25) is 5.02 Å². The van der Waals surface area contributed by atoms with Crippen LogP contribution in [-0.2, 0) is 11.0 Å². The van der Waals surface area contributed by atoms with Crippen molar-refractivity contribution in [3.63, 3.8) is 0 Å². The van der Waals surface area contributed by atoms with Gasteiger partial charge in [0.1, 0.15) is 11.5 Å². The van der Waals surface area contributed by atoms with Crippen molar-refractivity contribution in [2.75, 3.05) is 25.2 Å². The summed E-state index contributed by atoms with van der Waals surface area (Å²) in [5, 5.41) is 11.2. The number of halogens is 4. The number of anilines is 1. The predicted octanol–water partition coefficient (Wildman–Crippen LogP) is 8.80. The zero-order chi connectivity index (χ0) is 32.6. The van der Waals surface area contributed by atoms with Crippen molar-refractivity contribution in [2.45, 2.75) is 13.1 Å². The first-order valence-electron chi connectivity index (χ1n) is 13.2. The summed E-state index contributed by atoms with van der Waals surface area (Å²) in [6.07, 6.45) is -4.52. The van der Waals surface area contributed by atoms with E-state index in [9.17, 15) is 28.1 Å². The van der Waals surface area contributed by atoms with Crippen LogP contribution < -0.4 is 19.1 Å². The molecular formula is C31H25ClF3N3O6S. The second-order valence-corrected chi connectivity index (χ2v) is 10.5. The van der Waals surface area contributed by atoms with E-state index < -0.39 is 16.7 Å². The molecule has 0 fully saturated rings. The zero-order valence-corrected chi connectivity index (χ0v) is 25.4. The molecule has 0 atom stereocenters. The molecule has 0 aliphatic rings. The highest BCUT2D eigenvalue weighted by Gasteiger charge is 2.31. The molecule has 0 unspecified atom stereocenters. The third kappa shape index (κ3) is 8.83. The average Bonchev–Trinajstić information content (AvgIpc) is 3.44. The van der Waals surface area contributed by atoms with Gasteiger partial charge >= 0.3 is 11.9 Å². The number of fused-ring (bicyclic) bond motifs is 1. The first-order valence-corrected chi connectivity index (χ1v) is 14.4. The summed E-state index contributed by atoms with van der Waals surface area (Å²) in [6.45, 7) is 1.83. The molecule has 0 spiro atoms. The molecule has 1 amide bonds. The van der Waals surface area contributed by atoms with Crippen molar-refractivity contribution in [3.8, 4) is 22.4 Å². The molecule has 5 aromatic rings. The number of benzene rings is 4. The molecule has 5 rings (SSSR count). The molecule has 0 aliphatic heterocycles. The number of para-hydroxylation sites is 2. The fraction of sp³-hybridized carbons (Fsp3) is 0.161. The summed E-state index contributed by atoms with van der Waals surface area (Å²) in [5.74, 6) is 0.00941. The SMILES string of the molecule is CCOc1cc(Oc2ccc(C(F)(F)F)cc2Cl)ccc1[N+](=O)[O-].CN(C(=O)COc1nc2ccccc2s1)c1ccccc1. The molecular weight excluding hydrogens is 635 g/mol. The van der Waals surface area contributed by atoms with Crippen molar-refractivity contribution in [3.05, 3.63) is 112 Å². The first kappa shape index (κ1) is 33.0. The highest BCUT2D eigenvalue weighted by Crippen LogP contribution is 2.38. The number of hydrogen-bond donors (Lipinski definition) is 0. The van der Waals surface area contributed by atoms with E-state index >= 15 is 0 Å². The zero-order valence-electron chi connectivity index (χ0n) is 23.8. The largest absolute Gasteiger partial charge is 0.487 e. The number of ether oxygens (including phenoxy) is 3. The normalized spacial score (nSPS) is 10.9. The van der Waals surface area contributed by atoms with Crippen LogP contribution in [0.1, 0.15) is 12.5 Å². The molecule has 1 aromatic heterocycles. The van der Waals surface area contributed by atoms with Gasteiger partial charge in [0.15, 0.2) is 6.61 Å². The third-order valence-electron chi connectivity index (χ3n) is 6.03. The summed E-state index contributed by atoms with van der Waals surface area (Å²) < 4.78 is 54.9. The van der Waals surface area contributed by atoms with Gasteiger partial charge in [0, 0.05) is 24.9 Å². The predicted molar refractivity (Wildman–Crippen MR) is 166 cm³/mol. The lowest BCUT2D eigenvalue weighted by molar-refractivity contribution is -0.385. The van der Waals surface area contributed by atoms with Crippen LogP contribution in [0.15, 0.2) is 91.0 Å². The van der Waals surface area contributed by atoms with Gasteiger partial charge in [-0.1, -0.05) is 53.3 Å². The number of nitro benzene ring substituents is 1. The van der Waals surface area contributed by atoms with E-state index in [1.165, 1.54) is 29.5 Å². The van der Waals surface area contributed by atoms with Crippen molar-refractivity contribution in [1.82, 2.24) is 4.98 Å². The Kier molecular flexibility index (Phi) is 10.8. The Bertz CT molecular complexity index is 1750. The fourth-order valence-electron chi connectivity index (χ4n) is 3.80. The number of rotatable bonds is 9. The Hall–Kier alpha value is -4.88. The summed E-state index contributed by atoms with van der Waals surface area (Å²) in [7, 11) is 1.74. The lowest BCUT2D eigenvalue weighted by Gasteiger charge is -2.16. The van der Waals surface area contributed by atoms with Crippen LogP contribution in [0.5, 0.6) is 22.4 Å². The minimum atomic E-state index is -4.52. The number of aromatic nitrogens is 1. The average molecular weight is 660 g/mol. The Morgan fingerprint density at radius 1 is 0.978 bits per heavy atom. The Morgan fingerprint density at radius 3 is 2.33 bits per heavy atom. The Labute approximate surface area is 264 Å². The lowest BCUT2D eigenvalue weighted by atomic mass is 10.2. The van der Waals surface area contributed by atoms with Gasteiger partial charge in [0.2, 0.25) is 5.75 Å². The van der Waals surface area contributed by atoms with E-state index in [1.54, 1.807) is 18.9 Å². The van der Waals surface area contributed by atoms with Crippen LogP contribution >= 0.6 is 22.9 Å². The highest BCUT2D eigenvalue weighted by atomic mass is 35.5. The molecule has 9 nitrogen and oxygen atoms in total. The molecule has 0 bridgehead atoms. The van der Waals surface area contributed by atoms with Gasteiger partial charge in [0.05, 0.1) is 32.3 Å². The maximum absolute atomic E-state index is 12.6. The Balaban J connectivity index is 0.000000206. The van der Waals surface area contributed by atoms with Gasteiger partial charge in [-0.3, -0.25) is 14.9 Å². The van der Waals surface area contributed by atoms with Gasteiger partial charge in [-0.05, 0) is 55.5 Å². The highest BCUT2D eigenvalue weighted by molar-refractivity contribution is 7.20. The van der Waals surface area contributed by atoms with Crippen LogP contribution in [0.4, 0.5) is 24.5 Å². The number of carbonyl (C=O) groups excluding carboxylic acids is 1. The number of hydrogen-bond acceptors (Lipinski definition) is 8. The number of nitro groups is 1. The molecule has 0 aliphatic carbocycles. The minimum absolute atomic E-state index is 0.0111. The molecule has 4 aromatic carbocycles. The number of nitrogens with zero attached hydrogens (tertiary/aromatic N) is 3. The van der Waals surface area contributed by atoms with Gasteiger partial charge < -0.3 is 19.1 Å². The van der Waals surface area contributed by atoms with Crippen LogP contribution in [0, 0.1) is 10.1 Å². The van der Waals surface area contributed by atoms with Crippen molar-refractivity contribution in [1.29, 1.82) is 0 Å². The first-order chi connectivity index (χ1) is 21.5. The summed E-state index contributed by atoms with van der Waals surface area (Å²) in [4.78, 5) is 28.3. The summed E-state index contributed by atoms with van der Waals surface area (Å²) >= 11 is 7.25. The molecule has 45 heavy (non-hydrogen) atoms. The minimum Gasteiger partial charge on any atom is -0.487 e. The molecule has 14 heteroatoms. The summed E-state index contributed by atoms with van der Waals surface area (Å²) in [6, 6.07) is 23.7. The second kappa shape index (κ2) is 14.7. The molecule has 0 saturated carbocycles. The van der Waals surface area contributed by atoms with Crippen LogP contribution in [0.3, 0.4) is 0 Å². The quantitative estimate of drug-likeness (QED) is 0.115. The fourth-order valence-corrected chi connectivity index (χ4v) is 4.83. The molecule has 0 saturated heterocycles. The monoisotopic (exact) mass is 659 g/mol. The number of carbonyl (C=O) groups is 1. The van der Waals surface area contributed by atoms with Crippen LogP contribution in [-0.4, -0.2) is 36.1 Å². The number of alkyl halides is 3. The molecule has 0 N–H and O–H groups in total. The van der Waals surface area contributed by atoms with Crippen molar-refractivity contribution in [2.24, 2.45) is 0 Å². The van der Waals surface area contributed by atoms with Crippen molar-refractivity contribution < 1.29 is 37.1 Å². The number of amides is 1. The topological polar surface area (TPSA) is 104 Å². The second-order valence-electron chi connectivity index (χ2n) is 9.09. The van der Waals surface area contributed by atoms with Gasteiger partial charge in [-0.2, -0.15) is 13.2 Å². The van der Waals surface area contributed by atoms with Gasteiger partial charge in [0.25, 0.3) is 11.1 Å². The van der Waals surface area contributed by atoms with Crippen LogP contribution in [0.25, 0.3) is 10.2 Å². The molecule has 0 radical (unpaired) electrons. The smallest absolute Gasteiger partial charge is 0.416 e. The summed E-state index contributed by atoms with van der Waals surface area (Å²) in [5.41, 5.74) is 0.582. The third-order valence-corrected chi connectivity index (χ3v) is 7.27. The van der Waals surface area contributed by atoms with E-state index in [2.05, 4.69) is 4.98 Å². The number of likely N-dealkylation sites (N-methyl/N-ethyl adjacent to an activating group) is 1. The van der Waals surface area contributed by atoms with E-state index in [0.29, 0.717) is 5.19 Å².